The summed E-state index contributed by atoms with van der Waals surface area (Å²) in [6.07, 6.45) is 4.94. The van der Waals surface area contributed by atoms with Crippen molar-refractivity contribution in [3.63, 3.8) is 0 Å². The fraction of sp³-hybridized carbons (Fsp3) is 0.391. The second kappa shape index (κ2) is 9.65. The summed E-state index contributed by atoms with van der Waals surface area (Å²) in [4.78, 5) is 0.693. The van der Waals surface area contributed by atoms with Crippen LogP contribution in [-0.4, -0.2) is 28.8 Å². The highest BCUT2D eigenvalue weighted by atomic mass is 35.5. The number of nitrogens with zero attached hydrogens (tertiary/aromatic N) is 3. The van der Waals surface area contributed by atoms with Gasteiger partial charge in [0, 0.05) is 24.0 Å². The molecule has 30 heavy (non-hydrogen) atoms. The van der Waals surface area contributed by atoms with Crippen LogP contribution in [0.25, 0.3) is 0 Å². The van der Waals surface area contributed by atoms with Crippen molar-refractivity contribution >= 4 is 51.8 Å². The number of halogens is 2. The maximum atomic E-state index is 6.54. The van der Waals surface area contributed by atoms with Crippen molar-refractivity contribution in [3.8, 4) is 0 Å². The molecule has 7 heteroatoms. The Balaban J connectivity index is 1.65. The number of anilines is 1. The molecule has 2 heterocycles. The molecule has 0 bridgehead atoms. The number of hydrogen-bond acceptors (Lipinski definition) is 4. The summed E-state index contributed by atoms with van der Waals surface area (Å²) < 4.78 is 0. The zero-order valence-corrected chi connectivity index (χ0v) is 19.4. The van der Waals surface area contributed by atoms with E-state index in [9.17, 15) is 0 Å². The smallest absolute Gasteiger partial charge is 0.137 e. The Morgan fingerprint density at radius 3 is 2.33 bits per heavy atom. The molecule has 0 amide bonds. The van der Waals surface area contributed by atoms with Crippen molar-refractivity contribution in [1.29, 1.82) is 0 Å². The topological polar surface area (TPSA) is 30.9 Å². The third-order valence-corrected chi connectivity index (χ3v) is 6.67. The van der Waals surface area contributed by atoms with Crippen LogP contribution in [0.2, 0.25) is 10.0 Å². The molecule has 0 aliphatic carbocycles. The van der Waals surface area contributed by atoms with Crippen LogP contribution < -0.4 is 10.4 Å². The number of benzene rings is 2. The van der Waals surface area contributed by atoms with Crippen molar-refractivity contribution < 1.29 is 0 Å². The lowest BCUT2D eigenvalue weighted by Crippen LogP contribution is -2.45. The van der Waals surface area contributed by atoms with E-state index in [4.69, 9.17) is 40.5 Å². The molecule has 2 aliphatic rings. The molecule has 0 saturated carbocycles. The van der Waals surface area contributed by atoms with Crippen LogP contribution in [0.4, 0.5) is 5.69 Å². The Labute approximate surface area is 193 Å². The zero-order chi connectivity index (χ0) is 21.1. The molecule has 4 nitrogen and oxygen atoms in total. The number of hydrogen-bond donors (Lipinski definition) is 1. The number of rotatable bonds is 4. The van der Waals surface area contributed by atoms with Gasteiger partial charge in [0.05, 0.1) is 16.8 Å². The first-order valence-corrected chi connectivity index (χ1v) is 11.6. The summed E-state index contributed by atoms with van der Waals surface area (Å²) in [6, 6.07) is 15.7. The minimum Gasteiger partial charge on any atom is -0.308 e. The molecule has 0 aromatic heterocycles. The molecule has 4 rings (SSSR count). The Morgan fingerprint density at radius 2 is 1.67 bits per heavy atom. The molecule has 0 radical (unpaired) electrons. The van der Waals surface area contributed by atoms with E-state index in [1.807, 2.05) is 41.4 Å². The molecule has 2 aliphatic heterocycles. The highest BCUT2D eigenvalue weighted by molar-refractivity contribution is 7.82. The molecule has 2 aromatic rings. The predicted octanol–water partition coefficient (Wildman–Crippen LogP) is 6.25. The third-order valence-electron chi connectivity index (χ3n) is 5.79. The quantitative estimate of drug-likeness (QED) is 0.545. The van der Waals surface area contributed by atoms with Crippen LogP contribution in [0.3, 0.4) is 0 Å². The first-order chi connectivity index (χ1) is 14.5. The van der Waals surface area contributed by atoms with Crippen LogP contribution in [0.15, 0.2) is 53.6 Å². The molecular formula is C23H26Cl2N4S. The van der Waals surface area contributed by atoms with Gasteiger partial charge in [-0.3, -0.25) is 5.01 Å². The summed E-state index contributed by atoms with van der Waals surface area (Å²) >= 11 is 18.5. The third kappa shape index (κ3) is 4.65. The SMILES string of the molecule is C[C@H]1C(C(=S)NN2CCCCCC2)=NN(c2ccccc2Cl)[C@H]1c1ccc(Cl)cc1. The fourth-order valence-corrected chi connectivity index (χ4v) is 4.90. The highest BCUT2D eigenvalue weighted by Gasteiger charge is 2.38. The van der Waals surface area contributed by atoms with E-state index in [2.05, 4.69) is 29.5 Å². The molecule has 0 spiro atoms. The van der Waals surface area contributed by atoms with Gasteiger partial charge in [-0.15, -0.1) is 0 Å². The van der Waals surface area contributed by atoms with Gasteiger partial charge in [0.1, 0.15) is 10.7 Å². The van der Waals surface area contributed by atoms with Crippen molar-refractivity contribution in [1.82, 2.24) is 10.4 Å². The number of thiocarbonyl (C=S) groups is 1. The van der Waals surface area contributed by atoms with Gasteiger partial charge in [0.25, 0.3) is 0 Å². The van der Waals surface area contributed by atoms with Crippen LogP contribution >= 0.6 is 35.4 Å². The number of hydrazone groups is 1. The van der Waals surface area contributed by atoms with E-state index in [1.165, 1.54) is 25.7 Å². The minimum atomic E-state index is -0.0129. The van der Waals surface area contributed by atoms with Gasteiger partial charge in [-0.2, -0.15) is 5.10 Å². The standard InChI is InChI=1S/C23H26Cl2N4S/c1-16-21(23(30)27-28-14-6-2-3-7-15-28)26-29(20-9-5-4-8-19(20)25)22(16)17-10-12-18(24)13-11-17/h4-5,8-13,16,22H,2-3,6-7,14-15H2,1H3,(H,27,30)/t16-,22+/m0/s1. The lowest BCUT2D eigenvalue weighted by molar-refractivity contribution is 0.248. The summed E-state index contributed by atoms with van der Waals surface area (Å²) in [5, 5.41) is 10.6. The van der Waals surface area contributed by atoms with Crippen molar-refractivity contribution in [2.45, 2.75) is 38.6 Å². The predicted molar refractivity (Wildman–Crippen MR) is 130 cm³/mol. The summed E-state index contributed by atoms with van der Waals surface area (Å²) in [5.74, 6) is 0.0921. The van der Waals surface area contributed by atoms with Crippen LogP contribution in [0, 0.1) is 5.92 Å². The molecule has 2 aromatic carbocycles. The molecular weight excluding hydrogens is 435 g/mol. The molecule has 2 atom stereocenters. The summed E-state index contributed by atoms with van der Waals surface area (Å²) in [6.45, 7) is 4.19. The summed E-state index contributed by atoms with van der Waals surface area (Å²) in [5.41, 5.74) is 6.34. The maximum absolute atomic E-state index is 6.54. The van der Waals surface area contributed by atoms with Crippen LogP contribution in [0.1, 0.15) is 44.2 Å². The van der Waals surface area contributed by atoms with E-state index in [1.54, 1.807) is 0 Å². The van der Waals surface area contributed by atoms with Gasteiger partial charge in [-0.25, -0.2) is 5.01 Å². The molecule has 1 fully saturated rings. The van der Waals surface area contributed by atoms with Crippen molar-refractivity contribution in [2.75, 3.05) is 18.1 Å². The number of hydrazine groups is 1. The molecule has 1 N–H and O–H groups in total. The number of para-hydroxylation sites is 1. The van der Waals surface area contributed by atoms with E-state index in [0.717, 1.165) is 30.1 Å². The van der Waals surface area contributed by atoms with E-state index in [0.29, 0.717) is 15.0 Å². The Morgan fingerprint density at radius 1 is 1.00 bits per heavy atom. The molecule has 0 unspecified atom stereocenters. The Hall–Kier alpha value is -1.66. The normalized spacial score (nSPS) is 22.5. The van der Waals surface area contributed by atoms with E-state index < -0.39 is 0 Å². The Bertz CT molecular complexity index is 923. The Kier molecular flexibility index (Phi) is 6.94. The lowest BCUT2D eigenvalue weighted by atomic mass is 9.91. The van der Waals surface area contributed by atoms with Gasteiger partial charge in [-0.05, 0) is 42.7 Å². The van der Waals surface area contributed by atoms with Crippen LogP contribution in [-0.2, 0) is 0 Å². The molecule has 1 saturated heterocycles. The van der Waals surface area contributed by atoms with Crippen molar-refractivity contribution in [3.05, 3.63) is 64.1 Å². The first-order valence-electron chi connectivity index (χ1n) is 10.5. The average Bonchev–Trinajstić information content (AvgIpc) is 2.89. The second-order valence-corrected chi connectivity index (χ2v) is 9.16. The van der Waals surface area contributed by atoms with E-state index >= 15 is 0 Å². The monoisotopic (exact) mass is 460 g/mol. The van der Waals surface area contributed by atoms with Gasteiger partial charge >= 0.3 is 0 Å². The largest absolute Gasteiger partial charge is 0.308 e. The van der Waals surface area contributed by atoms with Gasteiger partial charge in [0.2, 0.25) is 0 Å². The molecule has 158 valence electrons. The second-order valence-electron chi connectivity index (χ2n) is 7.91. The minimum absolute atomic E-state index is 0.0129. The first kappa shape index (κ1) is 21.6. The van der Waals surface area contributed by atoms with Gasteiger partial charge in [-0.1, -0.05) is 79.5 Å². The summed E-state index contributed by atoms with van der Waals surface area (Å²) in [7, 11) is 0. The average molecular weight is 461 g/mol. The van der Waals surface area contributed by atoms with Crippen LogP contribution in [0.5, 0.6) is 0 Å². The highest BCUT2D eigenvalue weighted by Crippen LogP contribution is 2.42. The number of nitrogens with one attached hydrogen (secondary N) is 1. The van der Waals surface area contributed by atoms with Gasteiger partial charge in [0.15, 0.2) is 0 Å². The van der Waals surface area contributed by atoms with Gasteiger partial charge < -0.3 is 5.43 Å². The fourth-order valence-electron chi connectivity index (χ4n) is 4.20. The van der Waals surface area contributed by atoms with Crippen molar-refractivity contribution in [2.24, 2.45) is 11.0 Å². The van der Waals surface area contributed by atoms with E-state index in [-0.39, 0.29) is 12.0 Å². The zero-order valence-electron chi connectivity index (χ0n) is 17.0. The lowest BCUT2D eigenvalue weighted by Gasteiger charge is -2.28. The maximum Gasteiger partial charge on any atom is 0.137 e.